The van der Waals surface area contributed by atoms with Crippen molar-refractivity contribution in [1.29, 1.82) is 0 Å². The summed E-state index contributed by atoms with van der Waals surface area (Å²) in [7, 11) is 0. The molecule has 9 nitrogen and oxygen atoms in total. The van der Waals surface area contributed by atoms with E-state index in [2.05, 4.69) is 10.5 Å². The first-order valence-electron chi connectivity index (χ1n) is 6.48. The Morgan fingerprint density at radius 1 is 1.23 bits per heavy atom. The van der Waals surface area contributed by atoms with Crippen LogP contribution in [0, 0.1) is 11.8 Å². The first kappa shape index (κ1) is 16.3. The minimum Gasteiger partial charge on any atom is -0.479 e. The van der Waals surface area contributed by atoms with E-state index in [1.54, 1.807) is 13.0 Å². The third-order valence-corrected chi connectivity index (χ3v) is 3.41. The van der Waals surface area contributed by atoms with E-state index in [9.17, 15) is 25.0 Å². The molecule has 0 spiro atoms. The Labute approximate surface area is 125 Å². The van der Waals surface area contributed by atoms with Crippen molar-refractivity contribution in [1.82, 2.24) is 0 Å². The number of aryl methyl sites for hydroxylation is 1. The van der Waals surface area contributed by atoms with Crippen LogP contribution in [0.3, 0.4) is 0 Å². The van der Waals surface area contributed by atoms with Crippen LogP contribution in [-0.4, -0.2) is 57.0 Å². The molecule has 0 bridgehead atoms. The van der Waals surface area contributed by atoms with E-state index in [4.69, 9.17) is 9.84 Å². The van der Waals surface area contributed by atoms with Gasteiger partial charge in [-0.2, -0.15) is 0 Å². The third kappa shape index (κ3) is 3.07. The lowest BCUT2D eigenvalue weighted by molar-refractivity contribution is -0.221. The van der Waals surface area contributed by atoms with E-state index < -0.39 is 36.6 Å². The summed E-state index contributed by atoms with van der Waals surface area (Å²) < 4.78 is 5.06. The molecular formula is C13H16N2O7. The van der Waals surface area contributed by atoms with Gasteiger partial charge < -0.3 is 30.5 Å². The van der Waals surface area contributed by atoms with Gasteiger partial charge in [-0.15, -0.1) is 4.91 Å². The van der Waals surface area contributed by atoms with Crippen molar-refractivity contribution in [2.75, 3.05) is 5.32 Å². The van der Waals surface area contributed by atoms with Crippen LogP contribution in [0.2, 0.25) is 0 Å². The highest BCUT2D eigenvalue weighted by Gasteiger charge is 2.47. The molecular weight excluding hydrogens is 296 g/mol. The average Bonchev–Trinajstić information content (AvgIpc) is 2.48. The van der Waals surface area contributed by atoms with E-state index in [1.165, 1.54) is 12.1 Å². The van der Waals surface area contributed by atoms with E-state index in [1.807, 2.05) is 0 Å². The molecule has 5 atom stereocenters. The molecule has 1 aliphatic rings. The molecule has 0 aliphatic carbocycles. The zero-order valence-electron chi connectivity index (χ0n) is 11.6. The van der Waals surface area contributed by atoms with Gasteiger partial charge in [0.25, 0.3) is 0 Å². The van der Waals surface area contributed by atoms with Gasteiger partial charge in [0.05, 0.1) is 5.69 Å². The van der Waals surface area contributed by atoms with Crippen LogP contribution >= 0.6 is 0 Å². The fourth-order valence-corrected chi connectivity index (χ4v) is 2.20. The van der Waals surface area contributed by atoms with Crippen LogP contribution in [0.4, 0.5) is 11.4 Å². The van der Waals surface area contributed by atoms with Gasteiger partial charge >= 0.3 is 5.97 Å². The molecule has 5 unspecified atom stereocenters. The molecule has 1 aliphatic heterocycles. The zero-order chi connectivity index (χ0) is 16.4. The zero-order valence-corrected chi connectivity index (χ0v) is 11.6. The molecule has 0 radical (unpaired) electrons. The average molecular weight is 312 g/mol. The summed E-state index contributed by atoms with van der Waals surface area (Å²) in [6.45, 7) is 1.75. The second-order valence-electron chi connectivity index (χ2n) is 5.04. The minimum absolute atomic E-state index is 0.0447. The normalized spacial score (nSPS) is 31.5. The number of aliphatic carboxylic acids is 1. The maximum atomic E-state index is 11.0. The number of nitroso groups, excluding NO2 is 1. The van der Waals surface area contributed by atoms with Crippen molar-refractivity contribution in [3.05, 3.63) is 28.7 Å². The molecule has 0 saturated carbocycles. The molecule has 120 valence electrons. The quantitative estimate of drug-likeness (QED) is 0.476. The summed E-state index contributed by atoms with van der Waals surface area (Å²) in [6.07, 6.45) is -8.12. The van der Waals surface area contributed by atoms with Crippen LogP contribution in [-0.2, 0) is 9.53 Å². The molecule has 22 heavy (non-hydrogen) atoms. The number of carboxylic acids is 1. The number of anilines is 1. The van der Waals surface area contributed by atoms with Crippen LogP contribution < -0.4 is 5.32 Å². The standard InChI is InChI=1S/C13H16N2O7/c1-5-2-3-6(7(4-5)15-21)14-12-10(18)8(16)9(17)11(22-12)13(19)20/h2-4,8-12,14,16-18H,1H3,(H,19,20). The molecule has 1 fully saturated rings. The van der Waals surface area contributed by atoms with Gasteiger partial charge in [0.15, 0.2) is 12.3 Å². The summed E-state index contributed by atoms with van der Waals surface area (Å²) in [5.41, 5.74) is 1.03. The SMILES string of the molecule is Cc1ccc(NC2OC(C(=O)O)C(O)C(O)C2O)c(N=O)c1. The number of nitrogens with one attached hydrogen (secondary N) is 1. The number of rotatable bonds is 4. The fourth-order valence-electron chi connectivity index (χ4n) is 2.20. The molecule has 1 heterocycles. The fraction of sp³-hybridized carbons (Fsp3) is 0.462. The van der Waals surface area contributed by atoms with Crippen molar-refractivity contribution in [2.24, 2.45) is 5.18 Å². The van der Waals surface area contributed by atoms with Crippen LogP contribution in [0.15, 0.2) is 23.4 Å². The second kappa shape index (κ2) is 6.36. The second-order valence-corrected chi connectivity index (χ2v) is 5.04. The first-order valence-corrected chi connectivity index (χ1v) is 6.48. The first-order chi connectivity index (χ1) is 10.3. The number of hydrogen-bond acceptors (Lipinski definition) is 8. The Balaban J connectivity index is 2.24. The number of aliphatic hydroxyl groups excluding tert-OH is 3. The maximum absolute atomic E-state index is 11.0. The number of aliphatic hydroxyl groups is 3. The third-order valence-electron chi connectivity index (χ3n) is 3.41. The Bertz CT molecular complexity index is 580. The molecule has 2 rings (SSSR count). The van der Waals surface area contributed by atoms with Crippen molar-refractivity contribution >= 4 is 17.3 Å². The van der Waals surface area contributed by atoms with Gasteiger partial charge in [0.2, 0.25) is 0 Å². The van der Waals surface area contributed by atoms with E-state index in [-0.39, 0.29) is 11.4 Å². The van der Waals surface area contributed by atoms with Crippen LogP contribution in [0.25, 0.3) is 0 Å². The number of hydrogen-bond donors (Lipinski definition) is 5. The van der Waals surface area contributed by atoms with Crippen LogP contribution in [0.1, 0.15) is 5.56 Å². The summed E-state index contributed by atoms with van der Waals surface area (Å²) in [5, 5.41) is 43.6. The molecule has 0 amide bonds. The van der Waals surface area contributed by atoms with Gasteiger partial charge in [-0.3, -0.25) is 0 Å². The van der Waals surface area contributed by atoms with Crippen LogP contribution in [0.5, 0.6) is 0 Å². The van der Waals surface area contributed by atoms with Crippen molar-refractivity contribution in [3.63, 3.8) is 0 Å². The topological polar surface area (TPSA) is 149 Å². The number of ether oxygens (including phenoxy) is 1. The van der Waals surface area contributed by atoms with Gasteiger partial charge in [-0.1, -0.05) is 6.07 Å². The minimum atomic E-state index is -1.77. The Hall–Kier alpha value is -2.07. The van der Waals surface area contributed by atoms with Gasteiger partial charge in [0.1, 0.15) is 24.0 Å². The smallest absolute Gasteiger partial charge is 0.335 e. The van der Waals surface area contributed by atoms with E-state index >= 15 is 0 Å². The summed E-state index contributed by atoms with van der Waals surface area (Å²) >= 11 is 0. The molecule has 9 heteroatoms. The summed E-state index contributed by atoms with van der Waals surface area (Å²) in [6, 6.07) is 4.67. The number of carbonyl (C=O) groups is 1. The maximum Gasteiger partial charge on any atom is 0.335 e. The van der Waals surface area contributed by atoms with Gasteiger partial charge in [-0.25, -0.2) is 4.79 Å². The van der Waals surface area contributed by atoms with Crippen molar-refractivity contribution in [2.45, 2.75) is 37.6 Å². The Kier molecular flexibility index (Phi) is 4.71. The highest BCUT2D eigenvalue weighted by molar-refractivity contribution is 5.73. The lowest BCUT2D eigenvalue weighted by Crippen LogP contribution is -2.61. The summed E-state index contributed by atoms with van der Waals surface area (Å²) in [4.78, 5) is 21.8. The van der Waals surface area contributed by atoms with Gasteiger partial charge in [-0.05, 0) is 29.8 Å². The predicted molar refractivity (Wildman–Crippen MR) is 74.6 cm³/mol. The van der Waals surface area contributed by atoms with E-state index in [0.29, 0.717) is 0 Å². The highest BCUT2D eigenvalue weighted by Crippen LogP contribution is 2.29. The Morgan fingerprint density at radius 3 is 2.50 bits per heavy atom. The summed E-state index contributed by atoms with van der Waals surface area (Å²) in [5.74, 6) is -1.48. The predicted octanol–water partition coefficient (Wildman–Crippen LogP) is -0.303. The molecule has 5 N–H and O–H groups in total. The van der Waals surface area contributed by atoms with E-state index in [0.717, 1.165) is 5.56 Å². The molecule has 1 saturated heterocycles. The molecule has 0 aromatic heterocycles. The van der Waals surface area contributed by atoms with Gasteiger partial charge in [0, 0.05) is 0 Å². The van der Waals surface area contributed by atoms with Crippen molar-refractivity contribution in [3.8, 4) is 0 Å². The van der Waals surface area contributed by atoms with Crippen molar-refractivity contribution < 1.29 is 30.0 Å². The number of carboxylic acid groups (broad SMARTS) is 1. The number of nitrogens with zero attached hydrogens (tertiary/aromatic N) is 1. The molecule has 1 aromatic rings. The lowest BCUT2D eigenvalue weighted by Gasteiger charge is -2.39. The highest BCUT2D eigenvalue weighted by atomic mass is 16.6. The Morgan fingerprint density at radius 2 is 1.91 bits per heavy atom. The largest absolute Gasteiger partial charge is 0.479 e. The monoisotopic (exact) mass is 312 g/mol. The molecule has 1 aromatic carbocycles. The lowest BCUT2D eigenvalue weighted by atomic mass is 9.98. The number of benzene rings is 1.